The summed E-state index contributed by atoms with van der Waals surface area (Å²) in [4.78, 5) is 14.8. The number of rotatable bonds is 4. The number of ether oxygens (including phenoxy) is 1. The average Bonchev–Trinajstić information content (AvgIpc) is 2.67. The molecular formula is C19H14N4O3. The number of non-ortho nitro benzene ring substituents is 1. The Morgan fingerprint density at radius 2 is 1.88 bits per heavy atom. The number of nitro groups is 1. The van der Waals surface area contributed by atoms with E-state index in [0.29, 0.717) is 22.6 Å². The fraction of sp³-hybridized carbons (Fsp3) is 0.0526. The summed E-state index contributed by atoms with van der Waals surface area (Å²) >= 11 is 0. The zero-order chi connectivity index (χ0) is 18.7. The van der Waals surface area contributed by atoms with Crippen molar-refractivity contribution in [2.45, 2.75) is 0 Å². The first-order valence-corrected chi connectivity index (χ1v) is 7.63. The zero-order valence-electron chi connectivity index (χ0n) is 13.8. The van der Waals surface area contributed by atoms with E-state index in [1.807, 2.05) is 12.1 Å². The molecule has 0 radical (unpaired) electrons. The van der Waals surface area contributed by atoms with Crippen molar-refractivity contribution in [3.8, 4) is 34.2 Å². The van der Waals surface area contributed by atoms with Gasteiger partial charge in [-0.25, -0.2) is 4.98 Å². The van der Waals surface area contributed by atoms with Crippen LogP contribution in [0.1, 0.15) is 5.56 Å². The number of nitrogens with zero attached hydrogens (tertiary/aromatic N) is 3. The molecule has 0 amide bonds. The lowest BCUT2D eigenvalue weighted by Gasteiger charge is -2.11. The van der Waals surface area contributed by atoms with Gasteiger partial charge in [0.1, 0.15) is 23.2 Å². The van der Waals surface area contributed by atoms with Crippen molar-refractivity contribution in [1.29, 1.82) is 5.26 Å². The van der Waals surface area contributed by atoms with Crippen molar-refractivity contribution in [2.24, 2.45) is 0 Å². The van der Waals surface area contributed by atoms with Crippen molar-refractivity contribution in [3.63, 3.8) is 0 Å². The van der Waals surface area contributed by atoms with Gasteiger partial charge in [-0.2, -0.15) is 5.26 Å². The molecule has 1 heterocycles. The number of nitriles is 1. The number of aromatic nitrogens is 1. The van der Waals surface area contributed by atoms with Gasteiger partial charge in [-0.05, 0) is 23.8 Å². The van der Waals surface area contributed by atoms with Crippen LogP contribution in [0.5, 0.6) is 5.75 Å². The number of nitro benzene ring substituents is 1. The van der Waals surface area contributed by atoms with Crippen LogP contribution in [-0.4, -0.2) is 17.0 Å². The molecule has 0 saturated carbocycles. The van der Waals surface area contributed by atoms with E-state index in [1.165, 1.54) is 12.1 Å². The van der Waals surface area contributed by atoms with E-state index in [9.17, 15) is 15.4 Å². The van der Waals surface area contributed by atoms with E-state index >= 15 is 0 Å². The Morgan fingerprint density at radius 1 is 1.15 bits per heavy atom. The quantitative estimate of drug-likeness (QED) is 0.567. The van der Waals surface area contributed by atoms with E-state index in [-0.39, 0.29) is 17.1 Å². The largest absolute Gasteiger partial charge is 0.497 e. The third-order valence-corrected chi connectivity index (χ3v) is 3.91. The lowest BCUT2D eigenvalue weighted by molar-refractivity contribution is -0.384. The number of benzene rings is 2. The van der Waals surface area contributed by atoms with Crippen molar-refractivity contribution in [1.82, 2.24) is 4.98 Å². The predicted octanol–water partition coefficient (Wildman–Crippen LogP) is 3.79. The average molecular weight is 346 g/mol. The molecule has 2 aromatic carbocycles. The summed E-state index contributed by atoms with van der Waals surface area (Å²) in [7, 11) is 1.57. The minimum Gasteiger partial charge on any atom is -0.497 e. The first-order chi connectivity index (χ1) is 12.5. The Kier molecular flexibility index (Phi) is 4.50. The SMILES string of the molecule is COc1ccc(-c2cc(-c3cccc([N+](=O)[O-])c3)nc(N)c2C#N)cc1. The molecular weight excluding hydrogens is 332 g/mol. The Hall–Kier alpha value is -3.92. The lowest BCUT2D eigenvalue weighted by atomic mass is 9.98. The summed E-state index contributed by atoms with van der Waals surface area (Å²) in [5.74, 6) is 0.760. The molecule has 0 spiro atoms. The van der Waals surface area contributed by atoms with E-state index in [1.54, 1.807) is 37.4 Å². The molecule has 1 aromatic heterocycles. The van der Waals surface area contributed by atoms with Gasteiger partial charge in [0.25, 0.3) is 5.69 Å². The van der Waals surface area contributed by atoms with Crippen LogP contribution in [-0.2, 0) is 0 Å². The van der Waals surface area contributed by atoms with Gasteiger partial charge < -0.3 is 10.5 Å². The van der Waals surface area contributed by atoms with Crippen LogP contribution < -0.4 is 10.5 Å². The molecule has 0 fully saturated rings. The van der Waals surface area contributed by atoms with Crippen LogP contribution in [0.2, 0.25) is 0 Å². The fourth-order valence-electron chi connectivity index (χ4n) is 2.61. The fourth-order valence-corrected chi connectivity index (χ4v) is 2.61. The predicted molar refractivity (Wildman–Crippen MR) is 97.4 cm³/mol. The highest BCUT2D eigenvalue weighted by Gasteiger charge is 2.15. The first-order valence-electron chi connectivity index (χ1n) is 7.63. The number of hydrogen-bond acceptors (Lipinski definition) is 6. The lowest BCUT2D eigenvalue weighted by Crippen LogP contribution is -2.00. The molecule has 3 aromatic rings. The molecule has 0 aliphatic carbocycles. The summed E-state index contributed by atoms with van der Waals surface area (Å²) in [6.07, 6.45) is 0. The Labute approximate surface area is 149 Å². The second-order valence-electron chi connectivity index (χ2n) is 5.46. The molecule has 7 nitrogen and oxygen atoms in total. The number of methoxy groups -OCH3 is 1. The van der Waals surface area contributed by atoms with Crippen molar-refractivity contribution in [3.05, 3.63) is 70.3 Å². The maximum absolute atomic E-state index is 11.0. The van der Waals surface area contributed by atoms with E-state index < -0.39 is 4.92 Å². The number of nitrogen functional groups attached to an aromatic ring is 1. The van der Waals surface area contributed by atoms with Crippen LogP contribution in [0, 0.1) is 21.4 Å². The molecule has 2 N–H and O–H groups in total. The maximum Gasteiger partial charge on any atom is 0.270 e. The maximum atomic E-state index is 11.0. The summed E-state index contributed by atoms with van der Waals surface area (Å²) in [5.41, 5.74) is 8.55. The van der Waals surface area contributed by atoms with Crippen LogP contribution in [0.4, 0.5) is 11.5 Å². The van der Waals surface area contributed by atoms with E-state index in [4.69, 9.17) is 10.5 Å². The molecule has 0 saturated heterocycles. The van der Waals surface area contributed by atoms with Crippen LogP contribution in [0.25, 0.3) is 22.4 Å². The molecule has 128 valence electrons. The normalized spacial score (nSPS) is 10.2. The highest BCUT2D eigenvalue weighted by atomic mass is 16.6. The molecule has 0 atom stereocenters. The number of anilines is 1. The minimum atomic E-state index is -0.471. The molecule has 0 aliphatic heterocycles. The Balaban J connectivity index is 2.17. The van der Waals surface area contributed by atoms with Crippen molar-refractivity contribution in [2.75, 3.05) is 12.8 Å². The third-order valence-electron chi connectivity index (χ3n) is 3.91. The van der Waals surface area contributed by atoms with Gasteiger partial charge in [0.2, 0.25) is 0 Å². The van der Waals surface area contributed by atoms with Crippen molar-refractivity contribution >= 4 is 11.5 Å². The summed E-state index contributed by atoms with van der Waals surface area (Å²) < 4.78 is 5.15. The first kappa shape index (κ1) is 16.9. The Bertz CT molecular complexity index is 1020. The van der Waals surface area contributed by atoms with Crippen LogP contribution >= 0.6 is 0 Å². The van der Waals surface area contributed by atoms with Gasteiger partial charge in [-0.1, -0.05) is 24.3 Å². The zero-order valence-corrected chi connectivity index (χ0v) is 13.8. The number of hydrogen-bond donors (Lipinski definition) is 1. The standard InChI is InChI=1S/C19H14N4O3/c1-26-15-7-5-12(6-8-15)16-10-18(22-19(21)17(16)11-20)13-3-2-4-14(9-13)23(24)25/h2-10H,1H3,(H2,21,22). The van der Waals surface area contributed by atoms with Crippen LogP contribution in [0.15, 0.2) is 54.6 Å². The number of nitrogens with two attached hydrogens (primary N) is 1. The highest BCUT2D eigenvalue weighted by molar-refractivity contribution is 5.80. The second kappa shape index (κ2) is 6.91. The van der Waals surface area contributed by atoms with Gasteiger partial charge in [-0.15, -0.1) is 0 Å². The Morgan fingerprint density at radius 3 is 2.50 bits per heavy atom. The minimum absolute atomic E-state index is 0.0433. The molecule has 0 unspecified atom stereocenters. The molecule has 0 aliphatic rings. The summed E-state index contributed by atoms with van der Waals surface area (Å²) in [6.45, 7) is 0. The van der Waals surface area contributed by atoms with E-state index in [0.717, 1.165) is 5.56 Å². The monoisotopic (exact) mass is 346 g/mol. The third kappa shape index (κ3) is 3.16. The topological polar surface area (TPSA) is 115 Å². The summed E-state index contributed by atoms with van der Waals surface area (Å²) in [5, 5.41) is 20.5. The molecule has 0 bridgehead atoms. The number of pyridine rings is 1. The van der Waals surface area contributed by atoms with Crippen LogP contribution in [0.3, 0.4) is 0 Å². The van der Waals surface area contributed by atoms with Gasteiger partial charge in [0.05, 0.1) is 17.7 Å². The van der Waals surface area contributed by atoms with Gasteiger partial charge >= 0.3 is 0 Å². The molecule has 7 heteroatoms. The van der Waals surface area contributed by atoms with Gasteiger partial charge in [-0.3, -0.25) is 10.1 Å². The molecule has 3 rings (SSSR count). The van der Waals surface area contributed by atoms with E-state index in [2.05, 4.69) is 11.1 Å². The van der Waals surface area contributed by atoms with Crippen molar-refractivity contribution < 1.29 is 9.66 Å². The second-order valence-corrected chi connectivity index (χ2v) is 5.46. The van der Waals surface area contributed by atoms with Gasteiger partial charge in [0.15, 0.2) is 0 Å². The molecule has 26 heavy (non-hydrogen) atoms. The smallest absolute Gasteiger partial charge is 0.270 e. The highest BCUT2D eigenvalue weighted by Crippen LogP contribution is 2.32. The summed E-state index contributed by atoms with van der Waals surface area (Å²) in [6, 6.07) is 17.1. The van der Waals surface area contributed by atoms with Gasteiger partial charge in [0, 0.05) is 23.3 Å².